The summed E-state index contributed by atoms with van der Waals surface area (Å²) in [7, 11) is 1.72. The van der Waals surface area contributed by atoms with E-state index in [-0.39, 0.29) is 0 Å². The molecule has 1 nitrogen and oxygen atoms in total. The van der Waals surface area contributed by atoms with Gasteiger partial charge in [0.05, 0.1) is 12.9 Å². The van der Waals surface area contributed by atoms with Crippen LogP contribution >= 0.6 is 0 Å². The fourth-order valence-corrected chi connectivity index (χ4v) is 1.02. The molecule has 0 spiro atoms. The van der Waals surface area contributed by atoms with Gasteiger partial charge >= 0.3 is 0 Å². The first kappa shape index (κ1) is 6.40. The minimum atomic E-state index is 0.476. The zero-order valence-corrected chi connectivity index (χ0v) is 5.92. The van der Waals surface area contributed by atoms with Gasteiger partial charge in [0.15, 0.2) is 0 Å². The first-order valence-corrected chi connectivity index (χ1v) is 3.25. The number of rotatable bonds is 1. The summed E-state index contributed by atoms with van der Waals surface area (Å²) in [5.74, 6) is 1.57. The van der Waals surface area contributed by atoms with Crippen molar-refractivity contribution < 1.29 is 4.74 Å². The van der Waals surface area contributed by atoms with E-state index in [9.17, 15) is 0 Å². The molecule has 50 valence electrons. The lowest BCUT2D eigenvalue weighted by molar-refractivity contribution is 0.259. The van der Waals surface area contributed by atoms with E-state index < -0.39 is 0 Å². The molecule has 0 N–H and O–H groups in total. The van der Waals surface area contributed by atoms with Crippen LogP contribution in [0.1, 0.15) is 13.3 Å². The molecule has 0 saturated heterocycles. The molecule has 0 aromatic heterocycles. The molecule has 0 aromatic carbocycles. The van der Waals surface area contributed by atoms with Gasteiger partial charge in [0.1, 0.15) is 0 Å². The maximum Gasteiger partial charge on any atom is 0.0984 e. The molecular weight excluding hydrogens is 112 g/mol. The highest BCUT2D eigenvalue weighted by Crippen LogP contribution is 2.17. The Morgan fingerprint density at radius 2 is 2.44 bits per heavy atom. The van der Waals surface area contributed by atoms with E-state index in [2.05, 4.69) is 25.2 Å². The molecule has 1 aliphatic carbocycles. The van der Waals surface area contributed by atoms with Crippen LogP contribution in [-0.2, 0) is 4.74 Å². The molecule has 0 aliphatic heterocycles. The third-order valence-corrected chi connectivity index (χ3v) is 1.56. The van der Waals surface area contributed by atoms with Crippen LogP contribution in [0.25, 0.3) is 0 Å². The standard InChI is InChI=1S/C8H12O/c1-7-5-3-4-6-8(7)9-2/h3,5-7H,4H2,1-2H3. The molecule has 1 atom stereocenters. The monoisotopic (exact) mass is 124 g/mol. The van der Waals surface area contributed by atoms with Crippen LogP contribution in [0.5, 0.6) is 0 Å². The van der Waals surface area contributed by atoms with Gasteiger partial charge in [0.2, 0.25) is 0 Å². The van der Waals surface area contributed by atoms with E-state index in [1.54, 1.807) is 7.11 Å². The second-order valence-corrected chi connectivity index (χ2v) is 2.26. The van der Waals surface area contributed by atoms with E-state index in [4.69, 9.17) is 4.74 Å². The van der Waals surface area contributed by atoms with Crippen LogP contribution in [0, 0.1) is 5.92 Å². The maximum absolute atomic E-state index is 5.11. The van der Waals surface area contributed by atoms with Crippen molar-refractivity contribution in [2.45, 2.75) is 13.3 Å². The number of methoxy groups -OCH3 is 1. The van der Waals surface area contributed by atoms with Gasteiger partial charge in [-0.15, -0.1) is 0 Å². The summed E-state index contributed by atoms with van der Waals surface area (Å²) < 4.78 is 5.11. The topological polar surface area (TPSA) is 9.23 Å². The Kier molecular flexibility index (Phi) is 1.93. The molecule has 0 heterocycles. The van der Waals surface area contributed by atoms with Gasteiger partial charge in [0.25, 0.3) is 0 Å². The molecule has 1 unspecified atom stereocenters. The van der Waals surface area contributed by atoms with Crippen molar-refractivity contribution in [3.05, 3.63) is 24.0 Å². The fraction of sp³-hybridized carbons (Fsp3) is 0.500. The molecular formula is C8H12O. The lowest BCUT2D eigenvalue weighted by Gasteiger charge is -2.13. The average molecular weight is 124 g/mol. The molecule has 0 fully saturated rings. The van der Waals surface area contributed by atoms with Gasteiger partial charge in [-0.05, 0) is 12.5 Å². The van der Waals surface area contributed by atoms with Crippen LogP contribution in [0.15, 0.2) is 24.0 Å². The highest BCUT2D eigenvalue weighted by Gasteiger charge is 2.06. The molecule has 0 radical (unpaired) electrons. The van der Waals surface area contributed by atoms with Crippen LogP contribution < -0.4 is 0 Å². The van der Waals surface area contributed by atoms with Gasteiger partial charge in [-0.3, -0.25) is 0 Å². The Bertz CT molecular complexity index is 145. The zero-order chi connectivity index (χ0) is 6.69. The molecule has 0 aromatic rings. The van der Waals surface area contributed by atoms with E-state index in [0.717, 1.165) is 12.2 Å². The van der Waals surface area contributed by atoms with Crippen LogP contribution in [0.3, 0.4) is 0 Å². The van der Waals surface area contributed by atoms with Crippen molar-refractivity contribution >= 4 is 0 Å². The van der Waals surface area contributed by atoms with Gasteiger partial charge in [0, 0.05) is 5.92 Å². The predicted molar refractivity (Wildman–Crippen MR) is 38.0 cm³/mol. The molecule has 0 amide bonds. The molecule has 0 saturated carbocycles. The highest BCUT2D eigenvalue weighted by molar-refractivity contribution is 5.13. The summed E-state index contributed by atoms with van der Waals surface area (Å²) in [4.78, 5) is 0. The highest BCUT2D eigenvalue weighted by atomic mass is 16.5. The molecule has 1 rings (SSSR count). The van der Waals surface area contributed by atoms with E-state index in [1.807, 2.05) is 0 Å². The van der Waals surface area contributed by atoms with Crippen molar-refractivity contribution in [2.24, 2.45) is 5.92 Å². The first-order valence-electron chi connectivity index (χ1n) is 3.25. The SMILES string of the molecule is COC1=CCC=CC1C. The minimum Gasteiger partial charge on any atom is -0.501 e. The van der Waals surface area contributed by atoms with Crippen molar-refractivity contribution in [3.63, 3.8) is 0 Å². The largest absolute Gasteiger partial charge is 0.501 e. The maximum atomic E-state index is 5.11. The van der Waals surface area contributed by atoms with Crippen LogP contribution in [0.4, 0.5) is 0 Å². The second kappa shape index (κ2) is 2.72. The fourth-order valence-electron chi connectivity index (χ4n) is 1.02. The lowest BCUT2D eigenvalue weighted by atomic mass is 10.0. The van der Waals surface area contributed by atoms with Crippen molar-refractivity contribution in [2.75, 3.05) is 7.11 Å². The third-order valence-electron chi connectivity index (χ3n) is 1.56. The molecule has 9 heavy (non-hydrogen) atoms. The van der Waals surface area contributed by atoms with E-state index in [0.29, 0.717) is 5.92 Å². The second-order valence-electron chi connectivity index (χ2n) is 2.26. The summed E-state index contributed by atoms with van der Waals surface area (Å²) in [5, 5.41) is 0. The molecule has 0 bridgehead atoms. The van der Waals surface area contributed by atoms with E-state index in [1.165, 1.54) is 0 Å². The Morgan fingerprint density at radius 3 is 2.89 bits per heavy atom. The minimum absolute atomic E-state index is 0.476. The first-order chi connectivity index (χ1) is 4.34. The Balaban J connectivity index is 2.59. The van der Waals surface area contributed by atoms with Crippen LogP contribution in [0.2, 0.25) is 0 Å². The summed E-state index contributed by atoms with van der Waals surface area (Å²) >= 11 is 0. The summed E-state index contributed by atoms with van der Waals surface area (Å²) in [6.45, 7) is 2.13. The predicted octanol–water partition coefficient (Wildman–Crippen LogP) is 2.11. The van der Waals surface area contributed by atoms with Gasteiger partial charge in [-0.1, -0.05) is 19.1 Å². The van der Waals surface area contributed by atoms with Gasteiger partial charge in [-0.2, -0.15) is 0 Å². The van der Waals surface area contributed by atoms with Crippen molar-refractivity contribution in [1.82, 2.24) is 0 Å². The molecule has 1 heteroatoms. The van der Waals surface area contributed by atoms with E-state index >= 15 is 0 Å². The number of ether oxygens (including phenoxy) is 1. The summed E-state index contributed by atoms with van der Waals surface area (Å²) in [6, 6.07) is 0. The molecule has 1 aliphatic rings. The normalized spacial score (nSPS) is 25.6. The number of hydrogen-bond acceptors (Lipinski definition) is 1. The van der Waals surface area contributed by atoms with Crippen LogP contribution in [-0.4, -0.2) is 7.11 Å². The lowest BCUT2D eigenvalue weighted by Crippen LogP contribution is -2.00. The zero-order valence-electron chi connectivity index (χ0n) is 5.92. The van der Waals surface area contributed by atoms with Crippen molar-refractivity contribution in [3.8, 4) is 0 Å². The Labute approximate surface area is 56.0 Å². The van der Waals surface area contributed by atoms with Gasteiger partial charge in [-0.25, -0.2) is 0 Å². The average Bonchev–Trinajstić information content (AvgIpc) is 1.89. The van der Waals surface area contributed by atoms with Gasteiger partial charge < -0.3 is 4.74 Å². The van der Waals surface area contributed by atoms with Crippen molar-refractivity contribution in [1.29, 1.82) is 0 Å². The Hall–Kier alpha value is -0.720. The third kappa shape index (κ3) is 1.35. The number of allylic oxidation sites excluding steroid dienone is 3. The quantitative estimate of drug-likeness (QED) is 0.486. The summed E-state index contributed by atoms with van der Waals surface area (Å²) in [5.41, 5.74) is 0. The summed E-state index contributed by atoms with van der Waals surface area (Å²) in [6.07, 6.45) is 7.46. The smallest absolute Gasteiger partial charge is 0.0984 e. The Morgan fingerprint density at radius 1 is 1.67 bits per heavy atom. The number of hydrogen-bond donors (Lipinski definition) is 0.